The molecule has 0 aliphatic carbocycles. The number of amides is 1. The van der Waals surface area contributed by atoms with Crippen molar-refractivity contribution in [1.29, 1.82) is 0 Å². The molecule has 6 nitrogen and oxygen atoms in total. The summed E-state index contributed by atoms with van der Waals surface area (Å²) in [5.41, 5.74) is 0.632. The third kappa shape index (κ3) is 6.40. The molecule has 0 aromatic heterocycles. The lowest BCUT2D eigenvalue weighted by Crippen LogP contribution is -2.26. The summed E-state index contributed by atoms with van der Waals surface area (Å²) >= 11 is 0. The molecule has 1 rings (SSSR count). The minimum Gasteiger partial charge on any atom is -0.481 e. The van der Waals surface area contributed by atoms with Gasteiger partial charge in [-0.1, -0.05) is 27.2 Å². The topological polar surface area (TPSA) is 104 Å². The molecule has 1 amide bonds. The van der Waals surface area contributed by atoms with Crippen molar-refractivity contribution in [3.63, 3.8) is 0 Å². The molecule has 0 spiro atoms. The van der Waals surface area contributed by atoms with Crippen molar-refractivity contribution in [3.8, 4) is 0 Å². The summed E-state index contributed by atoms with van der Waals surface area (Å²) in [6, 6.07) is 5.84. The molecule has 0 bridgehead atoms. The van der Waals surface area contributed by atoms with Gasteiger partial charge < -0.3 is 15.5 Å². The first-order valence-corrected chi connectivity index (χ1v) is 8.06. The average Bonchev–Trinajstić information content (AvgIpc) is 2.46. The van der Waals surface area contributed by atoms with Crippen molar-refractivity contribution in [2.45, 2.75) is 40.0 Å². The smallest absolute Gasteiger partial charge is 0.335 e. The Morgan fingerprint density at radius 1 is 1.00 bits per heavy atom. The van der Waals surface area contributed by atoms with Gasteiger partial charge in [-0.3, -0.25) is 9.59 Å². The summed E-state index contributed by atoms with van der Waals surface area (Å²) in [7, 11) is 0. The molecule has 1 aromatic carbocycles. The maximum atomic E-state index is 12.1. The van der Waals surface area contributed by atoms with Gasteiger partial charge in [-0.05, 0) is 42.5 Å². The molecule has 132 valence electrons. The van der Waals surface area contributed by atoms with E-state index in [0.717, 1.165) is 6.42 Å². The number of benzene rings is 1. The molecule has 0 saturated heterocycles. The largest absolute Gasteiger partial charge is 0.481 e. The number of aliphatic carboxylic acids is 1. The van der Waals surface area contributed by atoms with Crippen LogP contribution in [0.1, 0.15) is 50.4 Å². The van der Waals surface area contributed by atoms with Gasteiger partial charge in [0.1, 0.15) is 0 Å². The zero-order chi connectivity index (χ0) is 18.3. The lowest BCUT2D eigenvalue weighted by molar-refractivity contribution is -0.144. The second-order valence-electron chi connectivity index (χ2n) is 6.53. The Hall–Kier alpha value is -2.37. The minimum atomic E-state index is -1.03. The molecule has 0 aliphatic heterocycles. The predicted octanol–water partition coefficient (Wildman–Crippen LogP) is 3.49. The van der Waals surface area contributed by atoms with Gasteiger partial charge in [0.2, 0.25) is 5.91 Å². The Bertz CT molecular complexity index is 580. The molecular formula is C18H25NO5. The first-order valence-electron chi connectivity index (χ1n) is 8.06. The SMILES string of the molecule is CC(C)CC[C@@H](C(=O)O)[C@@H](C)CC(=O)Nc1ccc(C(=O)O)cc1. The molecule has 0 radical (unpaired) electrons. The van der Waals surface area contributed by atoms with Gasteiger partial charge in [0.15, 0.2) is 0 Å². The number of carboxylic acid groups (broad SMARTS) is 2. The van der Waals surface area contributed by atoms with E-state index < -0.39 is 17.9 Å². The van der Waals surface area contributed by atoms with Crippen LogP contribution in [-0.2, 0) is 9.59 Å². The standard InChI is InChI=1S/C18H25NO5/c1-11(2)4-9-15(18(23)24)12(3)10-16(20)19-14-7-5-13(6-8-14)17(21)22/h5-8,11-12,15H,4,9-10H2,1-3H3,(H,19,20)(H,21,22)(H,23,24)/t12-,15+/m0/s1. The Kier molecular flexibility index (Phi) is 7.42. The molecule has 0 saturated carbocycles. The van der Waals surface area contributed by atoms with E-state index >= 15 is 0 Å². The van der Waals surface area contributed by atoms with Crippen LogP contribution in [0.3, 0.4) is 0 Å². The van der Waals surface area contributed by atoms with Gasteiger partial charge in [-0.2, -0.15) is 0 Å². The molecule has 2 atom stereocenters. The number of anilines is 1. The van der Waals surface area contributed by atoms with Crippen LogP contribution in [0.2, 0.25) is 0 Å². The zero-order valence-electron chi connectivity index (χ0n) is 14.3. The van der Waals surface area contributed by atoms with Crippen LogP contribution in [0, 0.1) is 17.8 Å². The summed E-state index contributed by atoms with van der Waals surface area (Å²) in [6.45, 7) is 5.85. The van der Waals surface area contributed by atoms with Crippen molar-refractivity contribution < 1.29 is 24.6 Å². The first-order chi connectivity index (χ1) is 11.2. The van der Waals surface area contributed by atoms with Crippen LogP contribution < -0.4 is 5.32 Å². The van der Waals surface area contributed by atoms with Crippen LogP contribution in [0.15, 0.2) is 24.3 Å². The molecule has 3 N–H and O–H groups in total. The molecule has 0 unspecified atom stereocenters. The third-order valence-corrected chi connectivity index (χ3v) is 3.98. The Labute approximate surface area is 141 Å². The van der Waals surface area contributed by atoms with E-state index in [1.165, 1.54) is 24.3 Å². The van der Waals surface area contributed by atoms with E-state index in [9.17, 15) is 19.5 Å². The average molecular weight is 335 g/mol. The van der Waals surface area contributed by atoms with Crippen molar-refractivity contribution in [3.05, 3.63) is 29.8 Å². The molecule has 0 aliphatic rings. The number of rotatable bonds is 9. The number of nitrogens with one attached hydrogen (secondary N) is 1. The van der Waals surface area contributed by atoms with E-state index in [4.69, 9.17) is 5.11 Å². The van der Waals surface area contributed by atoms with Gasteiger partial charge in [0.05, 0.1) is 11.5 Å². The fourth-order valence-electron chi connectivity index (χ4n) is 2.51. The third-order valence-electron chi connectivity index (χ3n) is 3.98. The van der Waals surface area contributed by atoms with Crippen molar-refractivity contribution in [2.75, 3.05) is 5.32 Å². The summed E-state index contributed by atoms with van der Waals surface area (Å²) in [6.07, 6.45) is 1.46. The fraction of sp³-hybridized carbons (Fsp3) is 0.500. The molecular weight excluding hydrogens is 310 g/mol. The van der Waals surface area contributed by atoms with Gasteiger partial charge in [0, 0.05) is 12.1 Å². The number of carbonyl (C=O) groups is 3. The number of hydrogen-bond donors (Lipinski definition) is 3. The summed E-state index contributed by atoms with van der Waals surface area (Å²) < 4.78 is 0. The van der Waals surface area contributed by atoms with Gasteiger partial charge in [-0.15, -0.1) is 0 Å². The Balaban J connectivity index is 2.61. The number of hydrogen-bond acceptors (Lipinski definition) is 3. The Morgan fingerprint density at radius 3 is 2.04 bits per heavy atom. The van der Waals surface area contributed by atoms with E-state index in [1.807, 2.05) is 13.8 Å². The highest BCUT2D eigenvalue weighted by atomic mass is 16.4. The molecule has 24 heavy (non-hydrogen) atoms. The summed E-state index contributed by atoms with van der Waals surface area (Å²) in [4.78, 5) is 34.3. The van der Waals surface area contributed by atoms with Crippen LogP contribution in [0.25, 0.3) is 0 Å². The fourth-order valence-corrected chi connectivity index (χ4v) is 2.51. The highest BCUT2D eigenvalue weighted by molar-refractivity contribution is 5.92. The van der Waals surface area contributed by atoms with Crippen LogP contribution in [-0.4, -0.2) is 28.1 Å². The van der Waals surface area contributed by atoms with Crippen LogP contribution in [0.4, 0.5) is 5.69 Å². The first kappa shape index (κ1) is 19.7. The lowest BCUT2D eigenvalue weighted by atomic mass is 9.85. The predicted molar refractivity (Wildman–Crippen MR) is 91.0 cm³/mol. The normalized spacial score (nSPS) is 13.3. The lowest BCUT2D eigenvalue weighted by Gasteiger charge is -2.20. The van der Waals surface area contributed by atoms with Crippen molar-refractivity contribution in [2.24, 2.45) is 17.8 Å². The second kappa shape index (κ2) is 9.05. The van der Waals surface area contributed by atoms with Gasteiger partial charge in [-0.25, -0.2) is 4.79 Å². The number of aromatic carboxylic acids is 1. The highest BCUT2D eigenvalue weighted by Gasteiger charge is 2.26. The van der Waals surface area contributed by atoms with Gasteiger partial charge in [0.25, 0.3) is 0 Å². The second-order valence-corrected chi connectivity index (χ2v) is 6.53. The monoisotopic (exact) mass is 335 g/mol. The minimum absolute atomic E-state index is 0.107. The highest BCUT2D eigenvalue weighted by Crippen LogP contribution is 2.24. The quantitative estimate of drug-likeness (QED) is 0.641. The molecule has 0 heterocycles. The summed E-state index contributed by atoms with van der Waals surface area (Å²) in [5.74, 6) is -2.59. The van der Waals surface area contributed by atoms with Crippen molar-refractivity contribution >= 4 is 23.5 Å². The van der Waals surface area contributed by atoms with Crippen LogP contribution in [0.5, 0.6) is 0 Å². The van der Waals surface area contributed by atoms with E-state index in [2.05, 4.69) is 5.32 Å². The van der Waals surface area contributed by atoms with E-state index in [1.54, 1.807) is 6.92 Å². The molecule has 6 heteroatoms. The molecule has 1 aromatic rings. The molecule has 0 fully saturated rings. The number of carboxylic acids is 2. The Morgan fingerprint density at radius 2 is 1.58 bits per heavy atom. The maximum absolute atomic E-state index is 12.1. The number of carbonyl (C=O) groups excluding carboxylic acids is 1. The van der Waals surface area contributed by atoms with Crippen molar-refractivity contribution in [1.82, 2.24) is 0 Å². The maximum Gasteiger partial charge on any atom is 0.335 e. The van der Waals surface area contributed by atoms with Crippen LogP contribution >= 0.6 is 0 Å². The van der Waals surface area contributed by atoms with E-state index in [-0.39, 0.29) is 23.8 Å². The summed E-state index contributed by atoms with van der Waals surface area (Å²) in [5, 5.41) is 20.9. The zero-order valence-corrected chi connectivity index (χ0v) is 14.3. The van der Waals surface area contributed by atoms with E-state index in [0.29, 0.717) is 18.0 Å². The van der Waals surface area contributed by atoms with Gasteiger partial charge >= 0.3 is 11.9 Å².